The van der Waals surface area contributed by atoms with Crippen molar-refractivity contribution in [3.8, 4) is 5.75 Å². The van der Waals surface area contributed by atoms with Gasteiger partial charge in [-0.3, -0.25) is 19.6 Å². The predicted octanol–water partition coefficient (Wildman–Crippen LogP) is 3.42. The van der Waals surface area contributed by atoms with Crippen LogP contribution in [0.25, 0.3) is 0 Å². The van der Waals surface area contributed by atoms with Gasteiger partial charge < -0.3 is 10.1 Å². The molecule has 1 aromatic carbocycles. The first-order valence-electron chi connectivity index (χ1n) is 6.97. The molecule has 26 heavy (non-hydrogen) atoms. The first-order chi connectivity index (χ1) is 12.0. The number of aromatic nitrogens is 2. The molecular formula is C14H12ClF3N4O4. The molecule has 1 N–H and O–H groups in total. The molecule has 0 saturated heterocycles. The summed E-state index contributed by atoms with van der Waals surface area (Å²) in [5.74, 6) is -0.688. The van der Waals surface area contributed by atoms with E-state index >= 15 is 0 Å². The van der Waals surface area contributed by atoms with Gasteiger partial charge >= 0.3 is 6.18 Å². The summed E-state index contributed by atoms with van der Waals surface area (Å²) in [4.78, 5) is 22.2. The third-order valence-electron chi connectivity index (χ3n) is 3.37. The number of halogens is 4. The Kier molecular flexibility index (Phi) is 5.40. The molecule has 0 aliphatic heterocycles. The highest BCUT2D eigenvalue weighted by molar-refractivity contribution is 6.32. The van der Waals surface area contributed by atoms with Gasteiger partial charge in [0.1, 0.15) is 12.3 Å². The molecule has 2 rings (SSSR count). The van der Waals surface area contributed by atoms with E-state index in [1.807, 2.05) is 0 Å². The molecule has 0 saturated carbocycles. The molecule has 0 spiro atoms. The summed E-state index contributed by atoms with van der Waals surface area (Å²) in [5.41, 5.74) is -1.43. The summed E-state index contributed by atoms with van der Waals surface area (Å²) in [6, 6.07) is 3.50. The van der Waals surface area contributed by atoms with Gasteiger partial charge in [-0.05, 0) is 13.0 Å². The number of benzene rings is 1. The van der Waals surface area contributed by atoms with E-state index in [4.69, 9.17) is 16.3 Å². The van der Waals surface area contributed by atoms with Crippen LogP contribution in [0.1, 0.15) is 11.4 Å². The Morgan fingerprint density at radius 2 is 2.12 bits per heavy atom. The lowest BCUT2D eigenvalue weighted by Gasteiger charge is -2.10. The van der Waals surface area contributed by atoms with Crippen LogP contribution in [0.2, 0.25) is 5.02 Å². The van der Waals surface area contributed by atoms with Crippen LogP contribution < -0.4 is 10.1 Å². The van der Waals surface area contributed by atoms with Gasteiger partial charge in [0.15, 0.2) is 5.69 Å². The zero-order valence-corrected chi connectivity index (χ0v) is 14.2. The molecule has 0 aliphatic carbocycles. The van der Waals surface area contributed by atoms with E-state index in [2.05, 4.69) is 10.4 Å². The van der Waals surface area contributed by atoms with Crippen LogP contribution in [-0.2, 0) is 17.5 Å². The zero-order valence-electron chi connectivity index (χ0n) is 13.4. The number of carbonyl (C=O) groups is 1. The van der Waals surface area contributed by atoms with Crippen LogP contribution in [0.3, 0.4) is 0 Å². The summed E-state index contributed by atoms with van der Waals surface area (Å²) in [6.07, 6.45) is -4.74. The predicted molar refractivity (Wildman–Crippen MR) is 85.3 cm³/mol. The molecule has 0 unspecified atom stereocenters. The number of hydrogen-bond acceptors (Lipinski definition) is 5. The third kappa shape index (κ3) is 4.04. The summed E-state index contributed by atoms with van der Waals surface area (Å²) >= 11 is 5.62. The molecule has 0 radical (unpaired) electrons. The number of methoxy groups -OCH3 is 1. The quantitative estimate of drug-likeness (QED) is 0.621. The first-order valence-corrected chi connectivity index (χ1v) is 7.34. The van der Waals surface area contributed by atoms with Crippen LogP contribution in [0.4, 0.5) is 24.5 Å². The molecule has 0 atom stereocenters. The van der Waals surface area contributed by atoms with E-state index in [1.165, 1.54) is 20.1 Å². The molecule has 12 heteroatoms. The number of alkyl halides is 3. The molecule has 0 aliphatic rings. The van der Waals surface area contributed by atoms with Gasteiger partial charge in [-0.1, -0.05) is 11.6 Å². The number of nitro benzene ring substituents is 1. The van der Waals surface area contributed by atoms with Gasteiger partial charge in [0.2, 0.25) is 5.91 Å². The number of hydrogen-bond donors (Lipinski definition) is 1. The largest absolute Gasteiger partial charge is 0.494 e. The summed E-state index contributed by atoms with van der Waals surface area (Å²) < 4.78 is 44.2. The minimum absolute atomic E-state index is 0.0233. The van der Waals surface area contributed by atoms with Crippen molar-refractivity contribution in [3.63, 3.8) is 0 Å². The fourth-order valence-electron chi connectivity index (χ4n) is 2.08. The Morgan fingerprint density at radius 3 is 2.62 bits per heavy atom. The number of ether oxygens (including phenoxy) is 1. The first kappa shape index (κ1) is 19.5. The minimum atomic E-state index is -4.74. The van der Waals surface area contributed by atoms with E-state index in [1.54, 1.807) is 0 Å². The topological polar surface area (TPSA) is 99.3 Å². The van der Waals surface area contributed by atoms with Crippen LogP contribution in [-0.4, -0.2) is 27.7 Å². The maximum absolute atomic E-state index is 12.8. The van der Waals surface area contributed by atoms with Crippen molar-refractivity contribution in [1.82, 2.24) is 9.78 Å². The molecule has 140 valence electrons. The third-order valence-corrected chi connectivity index (χ3v) is 3.82. The number of rotatable bonds is 5. The number of nitrogens with zero attached hydrogens (tertiary/aromatic N) is 3. The Balaban J connectivity index is 2.21. The van der Waals surface area contributed by atoms with Crippen LogP contribution in [0.5, 0.6) is 5.75 Å². The number of anilines is 1. The molecular weight excluding hydrogens is 381 g/mol. The fourth-order valence-corrected chi connectivity index (χ4v) is 2.32. The molecule has 0 bridgehead atoms. The van der Waals surface area contributed by atoms with E-state index in [0.717, 1.165) is 16.8 Å². The monoisotopic (exact) mass is 392 g/mol. The smallest absolute Gasteiger partial charge is 0.436 e. The normalized spacial score (nSPS) is 11.3. The van der Waals surface area contributed by atoms with Crippen molar-refractivity contribution in [2.45, 2.75) is 19.6 Å². The van der Waals surface area contributed by atoms with Gasteiger partial charge in [0.05, 0.1) is 34.5 Å². The van der Waals surface area contributed by atoms with Crippen LogP contribution in [0, 0.1) is 17.0 Å². The summed E-state index contributed by atoms with van der Waals surface area (Å²) in [6.45, 7) is 0.756. The molecule has 1 aromatic heterocycles. The highest BCUT2D eigenvalue weighted by Gasteiger charge is 2.38. The number of nitro groups is 1. The zero-order chi connectivity index (χ0) is 19.6. The lowest BCUT2D eigenvalue weighted by Crippen LogP contribution is -2.21. The lowest BCUT2D eigenvalue weighted by atomic mass is 10.2. The minimum Gasteiger partial charge on any atom is -0.494 e. The van der Waals surface area contributed by atoms with Crippen molar-refractivity contribution in [3.05, 3.63) is 44.7 Å². The molecule has 0 fully saturated rings. The van der Waals surface area contributed by atoms with Gasteiger partial charge in [-0.2, -0.15) is 18.3 Å². The number of amides is 1. The molecule has 8 nitrogen and oxygen atoms in total. The van der Waals surface area contributed by atoms with Gasteiger partial charge in [0.25, 0.3) is 5.69 Å². The second kappa shape index (κ2) is 7.20. The second-order valence-electron chi connectivity index (χ2n) is 5.09. The fraction of sp³-hybridized carbons (Fsp3) is 0.286. The van der Waals surface area contributed by atoms with E-state index in [9.17, 15) is 28.1 Å². The maximum Gasteiger partial charge on any atom is 0.436 e. The average Bonchev–Trinajstić information content (AvgIpc) is 2.83. The van der Waals surface area contributed by atoms with Crippen molar-refractivity contribution in [2.75, 3.05) is 12.4 Å². The van der Waals surface area contributed by atoms with Crippen molar-refractivity contribution in [2.24, 2.45) is 0 Å². The summed E-state index contributed by atoms with van der Waals surface area (Å²) in [5, 5.41) is 15.9. The number of non-ortho nitro benzene ring substituents is 1. The van der Waals surface area contributed by atoms with Gasteiger partial charge in [0, 0.05) is 6.07 Å². The second-order valence-corrected chi connectivity index (χ2v) is 5.47. The van der Waals surface area contributed by atoms with Crippen LogP contribution in [0.15, 0.2) is 18.2 Å². The van der Waals surface area contributed by atoms with E-state index in [-0.39, 0.29) is 22.8 Å². The van der Waals surface area contributed by atoms with Crippen molar-refractivity contribution >= 4 is 28.9 Å². The highest BCUT2D eigenvalue weighted by Crippen LogP contribution is 2.35. The maximum atomic E-state index is 12.8. The Morgan fingerprint density at radius 1 is 1.46 bits per heavy atom. The SMILES string of the molecule is COc1cc([N+](=O)[O-])ccc1NC(=O)Cn1nc(C(F)(F)F)c(Cl)c1C. The molecule has 2 aromatic rings. The Bertz CT molecular complexity index is 867. The lowest BCUT2D eigenvalue weighted by molar-refractivity contribution is -0.384. The van der Waals surface area contributed by atoms with Gasteiger partial charge in [-0.15, -0.1) is 0 Å². The van der Waals surface area contributed by atoms with E-state index in [0.29, 0.717) is 0 Å². The standard InChI is InChI=1S/C14H12ClF3N4O4/c1-7-12(15)13(14(16,17)18)20-21(7)6-11(23)19-9-4-3-8(22(24)25)5-10(9)26-2/h3-5H,6H2,1-2H3,(H,19,23). The Hall–Kier alpha value is -2.82. The van der Waals surface area contributed by atoms with Crippen LogP contribution >= 0.6 is 11.6 Å². The Labute approximate surface area is 149 Å². The van der Waals surface area contributed by atoms with Gasteiger partial charge in [-0.25, -0.2) is 0 Å². The molecule has 1 amide bonds. The van der Waals surface area contributed by atoms with Crippen molar-refractivity contribution < 1.29 is 27.6 Å². The molecule has 1 heterocycles. The number of carbonyl (C=O) groups excluding carboxylic acids is 1. The highest BCUT2D eigenvalue weighted by atomic mass is 35.5. The van der Waals surface area contributed by atoms with E-state index < -0.39 is 34.3 Å². The average molecular weight is 393 g/mol. The number of nitrogens with one attached hydrogen (secondary N) is 1. The summed E-state index contributed by atoms with van der Waals surface area (Å²) in [7, 11) is 1.25. The van der Waals surface area contributed by atoms with Crippen molar-refractivity contribution in [1.29, 1.82) is 0 Å².